The van der Waals surface area contributed by atoms with Gasteiger partial charge in [-0.1, -0.05) is 58.0 Å². The zero-order valence-electron chi connectivity index (χ0n) is 18.6. The molecule has 0 fully saturated rings. The van der Waals surface area contributed by atoms with Crippen LogP contribution >= 0.6 is 23.1 Å². The molecule has 1 atom stereocenters. The average Bonchev–Trinajstić information content (AvgIpc) is 3.31. The zero-order chi connectivity index (χ0) is 21.3. The topological polar surface area (TPSA) is 12.4 Å². The van der Waals surface area contributed by atoms with E-state index in [1.807, 2.05) is 11.3 Å². The molecule has 0 saturated heterocycles. The molecule has 6 rings (SSSR count). The first-order chi connectivity index (χ1) is 14.9. The maximum atomic E-state index is 5.15. The van der Waals surface area contributed by atoms with Crippen molar-refractivity contribution in [1.82, 2.24) is 0 Å². The second-order valence-electron chi connectivity index (χ2n) is 9.94. The van der Waals surface area contributed by atoms with Gasteiger partial charge in [-0.3, -0.25) is 4.99 Å². The minimum atomic E-state index is 0.0803. The number of hydrogen-bond donors (Lipinski definition) is 0. The molecule has 0 spiro atoms. The molecule has 3 aromatic carbocycles. The lowest BCUT2D eigenvalue weighted by molar-refractivity contribution is 0.596. The van der Waals surface area contributed by atoms with E-state index in [1.54, 1.807) is 0 Å². The highest BCUT2D eigenvalue weighted by Gasteiger charge is 2.29. The maximum absolute atomic E-state index is 5.15. The first-order valence-corrected chi connectivity index (χ1v) is 12.9. The van der Waals surface area contributed by atoms with Crippen molar-refractivity contribution < 1.29 is 0 Å². The van der Waals surface area contributed by atoms with Crippen molar-refractivity contribution in [2.45, 2.75) is 56.1 Å². The normalized spacial score (nSPS) is 18.3. The van der Waals surface area contributed by atoms with E-state index in [4.69, 9.17) is 4.99 Å². The molecule has 0 aliphatic carbocycles. The zero-order valence-corrected chi connectivity index (χ0v) is 20.2. The van der Waals surface area contributed by atoms with E-state index in [0.29, 0.717) is 5.25 Å². The second kappa shape index (κ2) is 6.95. The smallest absolute Gasteiger partial charge is 0.0737 e. The minimum absolute atomic E-state index is 0.0803. The molecular weight excluding hydrogens is 414 g/mol. The van der Waals surface area contributed by atoms with Crippen LogP contribution in [0.2, 0.25) is 0 Å². The summed E-state index contributed by atoms with van der Waals surface area (Å²) in [5.41, 5.74) is 6.90. The van der Waals surface area contributed by atoms with Crippen molar-refractivity contribution in [3.63, 3.8) is 0 Å². The van der Waals surface area contributed by atoms with E-state index in [-0.39, 0.29) is 5.41 Å². The van der Waals surface area contributed by atoms with E-state index in [0.717, 1.165) is 13.0 Å². The van der Waals surface area contributed by atoms with E-state index in [1.165, 1.54) is 65.0 Å². The predicted octanol–water partition coefficient (Wildman–Crippen LogP) is 7.78. The Hall–Kier alpha value is -2.10. The van der Waals surface area contributed by atoms with Crippen LogP contribution in [0.5, 0.6) is 0 Å². The molecule has 2 aliphatic heterocycles. The first kappa shape index (κ1) is 19.6. The van der Waals surface area contributed by atoms with Crippen LogP contribution in [0, 0.1) is 0 Å². The van der Waals surface area contributed by atoms with Gasteiger partial charge >= 0.3 is 0 Å². The molecule has 31 heavy (non-hydrogen) atoms. The number of benzene rings is 3. The fourth-order valence-electron chi connectivity index (χ4n) is 5.18. The van der Waals surface area contributed by atoms with Crippen LogP contribution in [0.4, 0.5) is 0 Å². The van der Waals surface area contributed by atoms with Gasteiger partial charge in [0.25, 0.3) is 0 Å². The summed E-state index contributed by atoms with van der Waals surface area (Å²) >= 11 is 4.04. The van der Waals surface area contributed by atoms with Gasteiger partial charge in [0.15, 0.2) is 0 Å². The van der Waals surface area contributed by atoms with Gasteiger partial charge in [-0.2, -0.15) is 0 Å². The highest BCUT2D eigenvalue weighted by molar-refractivity contribution is 8.00. The third kappa shape index (κ3) is 3.08. The standard InChI is InChI=1S/C28H27NS2/c1-16-13-18-9-10-22-25(27(18)30-16)24-23(31-22)11-12-29-26(24)19-14-17-7-5-6-8-20(17)21(15-19)28(2,3)4/h5-10,14-16H,11-13H2,1-4H3. The molecule has 0 saturated carbocycles. The Kier molecular flexibility index (Phi) is 4.39. The van der Waals surface area contributed by atoms with E-state index in [2.05, 4.69) is 88.0 Å². The molecule has 3 heterocycles. The summed E-state index contributed by atoms with van der Waals surface area (Å²) < 4.78 is 1.43. The minimum Gasteiger partial charge on any atom is -0.284 e. The molecule has 0 radical (unpaired) electrons. The van der Waals surface area contributed by atoms with Crippen LogP contribution in [0.25, 0.3) is 20.9 Å². The van der Waals surface area contributed by atoms with Gasteiger partial charge in [-0.15, -0.1) is 23.1 Å². The summed E-state index contributed by atoms with van der Waals surface area (Å²) in [5, 5.41) is 4.80. The molecule has 2 aliphatic rings. The summed E-state index contributed by atoms with van der Waals surface area (Å²) in [6.45, 7) is 10.2. The molecule has 1 nitrogen and oxygen atoms in total. The summed E-state index contributed by atoms with van der Waals surface area (Å²) in [4.78, 5) is 8.17. The van der Waals surface area contributed by atoms with Crippen molar-refractivity contribution >= 4 is 49.7 Å². The lowest BCUT2D eigenvalue weighted by Crippen LogP contribution is -2.16. The molecule has 4 aromatic rings. The monoisotopic (exact) mass is 441 g/mol. The van der Waals surface area contributed by atoms with Crippen LogP contribution in [0.1, 0.15) is 54.8 Å². The quantitative estimate of drug-likeness (QED) is 0.294. The van der Waals surface area contributed by atoms with Crippen LogP contribution in [0.3, 0.4) is 0 Å². The maximum Gasteiger partial charge on any atom is 0.0737 e. The van der Waals surface area contributed by atoms with E-state index in [9.17, 15) is 0 Å². The third-order valence-electron chi connectivity index (χ3n) is 6.58. The molecule has 1 unspecified atom stereocenters. The van der Waals surface area contributed by atoms with Crippen LogP contribution in [-0.2, 0) is 18.3 Å². The van der Waals surface area contributed by atoms with Crippen molar-refractivity contribution in [2.24, 2.45) is 4.99 Å². The molecular formula is C28H27NS2. The number of hydrogen-bond acceptors (Lipinski definition) is 3. The number of aliphatic imine (C=N–C) groups is 1. The summed E-state index contributed by atoms with van der Waals surface area (Å²) in [7, 11) is 0. The van der Waals surface area contributed by atoms with Gasteiger partial charge in [0, 0.05) is 49.2 Å². The van der Waals surface area contributed by atoms with Gasteiger partial charge in [-0.05, 0) is 51.9 Å². The van der Waals surface area contributed by atoms with Gasteiger partial charge < -0.3 is 0 Å². The lowest BCUT2D eigenvalue weighted by atomic mass is 9.81. The highest BCUT2D eigenvalue weighted by atomic mass is 32.2. The Bertz CT molecular complexity index is 1380. The Morgan fingerprint density at radius 1 is 1.03 bits per heavy atom. The SMILES string of the molecule is CC1Cc2ccc3sc4c(c3c2S1)C(c1cc(C(C)(C)C)c2ccccc2c1)=NCC4. The van der Waals surface area contributed by atoms with Gasteiger partial charge in [0.1, 0.15) is 0 Å². The number of nitrogens with zero attached hydrogens (tertiary/aromatic N) is 1. The van der Waals surface area contributed by atoms with Crippen molar-refractivity contribution in [1.29, 1.82) is 0 Å². The Labute approximate surface area is 192 Å². The molecule has 3 heteroatoms. The Balaban J connectivity index is 1.63. The highest BCUT2D eigenvalue weighted by Crippen LogP contribution is 2.47. The molecule has 0 N–H and O–H groups in total. The van der Waals surface area contributed by atoms with Crippen molar-refractivity contribution in [3.8, 4) is 0 Å². The van der Waals surface area contributed by atoms with E-state index >= 15 is 0 Å². The lowest BCUT2D eigenvalue weighted by Gasteiger charge is -2.24. The third-order valence-corrected chi connectivity index (χ3v) is 9.06. The van der Waals surface area contributed by atoms with Crippen molar-refractivity contribution in [3.05, 3.63) is 75.7 Å². The molecule has 0 amide bonds. The number of thioether (sulfide) groups is 1. The Morgan fingerprint density at radius 2 is 1.87 bits per heavy atom. The number of rotatable bonds is 1. The second-order valence-corrected chi connectivity index (χ2v) is 12.5. The van der Waals surface area contributed by atoms with Gasteiger partial charge in [-0.25, -0.2) is 0 Å². The average molecular weight is 442 g/mol. The van der Waals surface area contributed by atoms with Gasteiger partial charge in [0.05, 0.1) is 5.71 Å². The van der Waals surface area contributed by atoms with Gasteiger partial charge in [0.2, 0.25) is 0 Å². The summed E-state index contributed by atoms with van der Waals surface area (Å²) in [5.74, 6) is 0. The fraction of sp³-hybridized carbons (Fsp3) is 0.321. The summed E-state index contributed by atoms with van der Waals surface area (Å²) in [6, 6.07) is 18.3. The largest absolute Gasteiger partial charge is 0.284 e. The van der Waals surface area contributed by atoms with Crippen LogP contribution in [0.15, 0.2) is 58.4 Å². The molecule has 156 valence electrons. The molecule has 0 bridgehead atoms. The fourth-order valence-corrected chi connectivity index (χ4v) is 7.74. The van der Waals surface area contributed by atoms with Crippen LogP contribution in [-0.4, -0.2) is 17.5 Å². The van der Waals surface area contributed by atoms with Crippen molar-refractivity contribution in [2.75, 3.05) is 6.54 Å². The van der Waals surface area contributed by atoms with E-state index < -0.39 is 0 Å². The molecule has 1 aromatic heterocycles. The predicted molar refractivity (Wildman–Crippen MR) is 138 cm³/mol. The Morgan fingerprint density at radius 3 is 2.71 bits per heavy atom. The number of fused-ring (bicyclic) bond motifs is 6. The summed E-state index contributed by atoms with van der Waals surface area (Å²) in [6.07, 6.45) is 2.24. The van der Waals surface area contributed by atoms with Crippen LogP contribution < -0.4 is 0 Å². The first-order valence-electron chi connectivity index (χ1n) is 11.2. The number of thiophene rings is 1.